The fraction of sp³-hybridized carbons (Fsp3) is 0.400. The molecular formula is C20H21Cl3N4O. The molecule has 2 aromatic heterocycles. The van der Waals surface area contributed by atoms with Crippen molar-refractivity contribution >= 4 is 51.9 Å². The summed E-state index contributed by atoms with van der Waals surface area (Å²) in [5, 5.41) is 1.65. The van der Waals surface area contributed by atoms with E-state index < -0.39 is 0 Å². The molecule has 0 spiro atoms. The monoisotopic (exact) mass is 438 g/mol. The van der Waals surface area contributed by atoms with Crippen LogP contribution in [0.4, 0.5) is 5.95 Å². The van der Waals surface area contributed by atoms with E-state index in [1.54, 1.807) is 19.2 Å². The highest BCUT2D eigenvalue weighted by molar-refractivity contribution is 6.35. The van der Waals surface area contributed by atoms with E-state index in [2.05, 4.69) is 19.9 Å². The van der Waals surface area contributed by atoms with E-state index >= 15 is 0 Å². The van der Waals surface area contributed by atoms with E-state index in [0.717, 1.165) is 55.1 Å². The number of nitrogens with one attached hydrogen (secondary N) is 1. The van der Waals surface area contributed by atoms with Crippen molar-refractivity contribution in [3.8, 4) is 5.75 Å². The summed E-state index contributed by atoms with van der Waals surface area (Å²) in [5.41, 5.74) is 2.61. The van der Waals surface area contributed by atoms with Crippen LogP contribution in [-0.2, 0) is 6.42 Å². The Kier molecular flexibility index (Phi) is 5.85. The van der Waals surface area contributed by atoms with E-state index in [1.165, 1.54) is 6.42 Å². The van der Waals surface area contributed by atoms with Crippen molar-refractivity contribution in [3.05, 3.63) is 45.0 Å². The first-order chi connectivity index (χ1) is 13.5. The predicted molar refractivity (Wildman–Crippen MR) is 115 cm³/mol. The number of anilines is 1. The van der Waals surface area contributed by atoms with E-state index in [9.17, 15) is 0 Å². The molecule has 1 aromatic carbocycles. The minimum absolute atomic E-state index is 0.455. The molecule has 1 fully saturated rings. The number of aromatic amines is 1. The molecule has 3 heterocycles. The topological polar surface area (TPSA) is 54.0 Å². The van der Waals surface area contributed by atoms with Crippen LogP contribution in [0.25, 0.3) is 11.2 Å². The van der Waals surface area contributed by atoms with Crippen LogP contribution in [0.2, 0.25) is 15.2 Å². The van der Waals surface area contributed by atoms with E-state index in [4.69, 9.17) is 39.5 Å². The number of rotatable bonds is 5. The van der Waals surface area contributed by atoms with Gasteiger partial charge in [-0.05, 0) is 61.4 Å². The summed E-state index contributed by atoms with van der Waals surface area (Å²) >= 11 is 18.4. The molecule has 1 atom stereocenters. The number of aromatic nitrogens is 3. The molecule has 148 valence electrons. The second-order valence-corrected chi connectivity index (χ2v) is 8.37. The first kappa shape index (κ1) is 19.6. The van der Waals surface area contributed by atoms with Gasteiger partial charge in [-0.1, -0.05) is 34.8 Å². The van der Waals surface area contributed by atoms with Crippen LogP contribution in [0.15, 0.2) is 24.3 Å². The molecule has 0 aliphatic carbocycles. The fourth-order valence-corrected chi connectivity index (χ4v) is 4.64. The summed E-state index contributed by atoms with van der Waals surface area (Å²) in [4.78, 5) is 14.6. The number of nitrogens with zero attached hydrogens (tertiary/aromatic N) is 3. The van der Waals surface area contributed by atoms with Crippen LogP contribution in [0.3, 0.4) is 0 Å². The lowest BCUT2D eigenvalue weighted by molar-refractivity contribution is 0.380. The molecule has 1 saturated heterocycles. The third-order valence-electron chi connectivity index (χ3n) is 5.23. The molecule has 1 aliphatic rings. The fourth-order valence-electron chi connectivity index (χ4n) is 3.89. The Balaban J connectivity index is 1.45. The number of methoxy groups -OCH3 is 1. The van der Waals surface area contributed by atoms with Crippen LogP contribution in [-0.4, -0.2) is 35.2 Å². The maximum atomic E-state index is 6.26. The molecule has 0 bridgehead atoms. The van der Waals surface area contributed by atoms with Gasteiger partial charge in [0.25, 0.3) is 0 Å². The number of imidazole rings is 1. The van der Waals surface area contributed by atoms with Gasteiger partial charge < -0.3 is 14.6 Å². The van der Waals surface area contributed by atoms with E-state index in [1.807, 2.05) is 12.1 Å². The number of fused-ring (bicyclic) bond motifs is 1. The molecule has 0 amide bonds. The number of hydrogen-bond acceptors (Lipinski definition) is 4. The minimum atomic E-state index is 0.455. The highest BCUT2D eigenvalue weighted by atomic mass is 35.5. The number of benzene rings is 1. The summed E-state index contributed by atoms with van der Waals surface area (Å²) in [6.45, 7) is 1.93. The third-order valence-corrected chi connectivity index (χ3v) is 5.94. The van der Waals surface area contributed by atoms with E-state index in [-0.39, 0.29) is 0 Å². The normalized spacial score (nSPS) is 17.3. The number of aryl methyl sites for hydroxylation is 1. The minimum Gasteiger partial charge on any atom is -0.495 e. The van der Waals surface area contributed by atoms with Crippen molar-refractivity contribution in [2.24, 2.45) is 5.92 Å². The number of halogens is 3. The van der Waals surface area contributed by atoms with Crippen LogP contribution in [0.5, 0.6) is 5.75 Å². The van der Waals surface area contributed by atoms with Crippen molar-refractivity contribution in [2.45, 2.75) is 25.7 Å². The molecule has 28 heavy (non-hydrogen) atoms. The van der Waals surface area contributed by atoms with Gasteiger partial charge in [0.1, 0.15) is 10.9 Å². The molecule has 0 radical (unpaired) electrons. The summed E-state index contributed by atoms with van der Waals surface area (Å²) < 4.78 is 5.47. The third kappa shape index (κ3) is 4.17. The molecular weight excluding hydrogens is 419 g/mol. The van der Waals surface area contributed by atoms with Gasteiger partial charge in [0.15, 0.2) is 5.65 Å². The molecule has 1 N–H and O–H groups in total. The number of H-pyrrole nitrogens is 1. The SMILES string of the molecule is COc1c(Cl)cc(Cl)cc1CC[C@H]1CCCN(c2nc3nc(Cl)ccc3[nH]2)C1. The number of ether oxygens (including phenoxy) is 1. The van der Waals surface area contributed by atoms with Gasteiger partial charge in [0, 0.05) is 18.1 Å². The highest BCUT2D eigenvalue weighted by Gasteiger charge is 2.23. The first-order valence-corrected chi connectivity index (χ1v) is 10.5. The zero-order valence-electron chi connectivity index (χ0n) is 15.5. The van der Waals surface area contributed by atoms with Crippen molar-refractivity contribution in [1.82, 2.24) is 15.0 Å². The maximum Gasteiger partial charge on any atom is 0.205 e. The maximum absolute atomic E-state index is 6.26. The Bertz CT molecular complexity index is 991. The molecule has 3 aromatic rings. The predicted octanol–water partition coefficient (Wildman–Crippen LogP) is 5.78. The van der Waals surface area contributed by atoms with Crippen molar-refractivity contribution < 1.29 is 4.74 Å². The molecule has 1 aliphatic heterocycles. The summed E-state index contributed by atoms with van der Waals surface area (Å²) in [5.74, 6) is 2.14. The number of pyridine rings is 1. The Morgan fingerprint density at radius 2 is 2.07 bits per heavy atom. The molecule has 0 unspecified atom stereocenters. The van der Waals surface area contributed by atoms with Crippen molar-refractivity contribution in [2.75, 3.05) is 25.1 Å². The smallest absolute Gasteiger partial charge is 0.205 e. The number of piperidine rings is 1. The zero-order chi connectivity index (χ0) is 19.7. The van der Waals surface area contributed by atoms with Gasteiger partial charge in [-0.15, -0.1) is 0 Å². The summed E-state index contributed by atoms with van der Waals surface area (Å²) in [7, 11) is 1.64. The van der Waals surface area contributed by atoms with Crippen LogP contribution in [0, 0.1) is 5.92 Å². The quantitative estimate of drug-likeness (QED) is 0.512. The van der Waals surface area contributed by atoms with Crippen LogP contribution < -0.4 is 9.64 Å². The average molecular weight is 440 g/mol. The van der Waals surface area contributed by atoms with Crippen molar-refractivity contribution in [1.29, 1.82) is 0 Å². The summed E-state index contributed by atoms with van der Waals surface area (Å²) in [6, 6.07) is 7.35. The lowest BCUT2D eigenvalue weighted by Crippen LogP contribution is -2.36. The zero-order valence-corrected chi connectivity index (χ0v) is 17.8. The second kappa shape index (κ2) is 8.36. The van der Waals surface area contributed by atoms with Crippen LogP contribution >= 0.6 is 34.8 Å². The van der Waals surface area contributed by atoms with E-state index in [0.29, 0.717) is 26.8 Å². The summed E-state index contributed by atoms with van der Waals surface area (Å²) in [6.07, 6.45) is 4.23. The highest BCUT2D eigenvalue weighted by Crippen LogP contribution is 2.34. The Morgan fingerprint density at radius 1 is 1.21 bits per heavy atom. The molecule has 8 heteroatoms. The van der Waals surface area contributed by atoms with Gasteiger partial charge in [0.2, 0.25) is 5.95 Å². The lowest BCUT2D eigenvalue weighted by Gasteiger charge is -2.32. The lowest BCUT2D eigenvalue weighted by atomic mass is 9.91. The van der Waals surface area contributed by atoms with Gasteiger partial charge in [-0.25, -0.2) is 4.98 Å². The van der Waals surface area contributed by atoms with Gasteiger partial charge >= 0.3 is 0 Å². The molecule has 4 rings (SSSR count). The van der Waals surface area contributed by atoms with Gasteiger partial charge in [-0.2, -0.15) is 4.98 Å². The van der Waals surface area contributed by atoms with Crippen LogP contribution in [0.1, 0.15) is 24.8 Å². The Hall–Kier alpha value is -1.69. The largest absolute Gasteiger partial charge is 0.495 e. The Labute approximate surface area is 179 Å². The standard InChI is InChI=1S/C20H21Cl3N4O/c1-28-18-13(9-14(21)10-15(18)22)5-4-12-3-2-8-27(11-12)20-24-16-6-7-17(23)25-19(16)26-20/h6-7,9-10,12H,2-5,8,11H2,1H3,(H,24,25,26)/t12-/m1/s1. The second-order valence-electron chi connectivity index (χ2n) is 7.14. The average Bonchev–Trinajstić information content (AvgIpc) is 3.09. The number of hydrogen-bond donors (Lipinski definition) is 1. The van der Waals surface area contributed by atoms with Gasteiger partial charge in [-0.3, -0.25) is 0 Å². The first-order valence-electron chi connectivity index (χ1n) is 9.32. The van der Waals surface area contributed by atoms with Crippen molar-refractivity contribution in [3.63, 3.8) is 0 Å². The molecule has 5 nitrogen and oxygen atoms in total. The van der Waals surface area contributed by atoms with Gasteiger partial charge in [0.05, 0.1) is 17.6 Å². The molecule has 0 saturated carbocycles. The Morgan fingerprint density at radius 3 is 2.89 bits per heavy atom.